The molecule has 1 aliphatic rings. The number of likely N-dealkylation sites (N-methyl/N-ethyl adjacent to an activating group) is 1. The standard InChI is InChI=1S/C19H25NO3/c1-13-6-4-5-7-17(13)20(2)19(21)10-14-12-23-18-11-15(22-3)8-9-16(14)18/h8-9,11-13,17H,4-7,10H2,1-3H3. The van der Waals surface area contributed by atoms with Crippen LogP contribution in [0.25, 0.3) is 11.0 Å². The summed E-state index contributed by atoms with van der Waals surface area (Å²) in [5.74, 6) is 1.52. The number of fused-ring (bicyclic) bond motifs is 1. The monoisotopic (exact) mass is 315 g/mol. The minimum Gasteiger partial charge on any atom is -0.497 e. The van der Waals surface area contributed by atoms with Crippen molar-refractivity contribution < 1.29 is 13.9 Å². The van der Waals surface area contributed by atoms with Crippen LogP contribution in [0.15, 0.2) is 28.9 Å². The largest absolute Gasteiger partial charge is 0.497 e. The van der Waals surface area contributed by atoms with Crippen molar-refractivity contribution >= 4 is 16.9 Å². The zero-order chi connectivity index (χ0) is 16.4. The molecule has 0 spiro atoms. The third-order valence-electron chi connectivity index (χ3n) is 5.16. The average Bonchev–Trinajstić information content (AvgIpc) is 2.96. The summed E-state index contributed by atoms with van der Waals surface area (Å²) in [5.41, 5.74) is 1.71. The lowest BCUT2D eigenvalue weighted by Gasteiger charge is -2.36. The number of ether oxygens (including phenoxy) is 1. The number of hydrogen-bond acceptors (Lipinski definition) is 3. The molecule has 0 radical (unpaired) electrons. The van der Waals surface area contributed by atoms with Gasteiger partial charge in [0.2, 0.25) is 5.91 Å². The van der Waals surface area contributed by atoms with E-state index in [1.165, 1.54) is 19.3 Å². The van der Waals surface area contributed by atoms with E-state index in [0.717, 1.165) is 28.7 Å². The lowest BCUT2D eigenvalue weighted by Crippen LogP contribution is -2.43. The van der Waals surface area contributed by atoms with Gasteiger partial charge in [-0.2, -0.15) is 0 Å². The van der Waals surface area contributed by atoms with Crippen LogP contribution in [0.1, 0.15) is 38.2 Å². The highest BCUT2D eigenvalue weighted by Crippen LogP contribution is 2.29. The van der Waals surface area contributed by atoms with Gasteiger partial charge in [-0.25, -0.2) is 0 Å². The van der Waals surface area contributed by atoms with Crippen LogP contribution >= 0.6 is 0 Å². The number of hydrogen-bond donors (Lipinski definition) is 0. The van der Waals surface area contributed by atoms with Crippen molar-refractivity contribution in [3.05, 3.63) is 30.0 Å². The van der Waals surface area contributed by atoms with Gasteiger partial charge < -0.3 is 14.1 Å². The number of amides is 1. The van der Waals surface area contributed by atoms with E-state index in [1.54, 1.807) is 13.4 Å². The molecule has 1 aliphatic carbocycles. The van der Waals surface area contributed by atoms with Gasteiger partial charge in [0.05, 0.1) is 19.8 Å². The molecule has 3 rings (SSSR count). The van der Waals surface area contributed by atoms with Gasteiger partial charge in [0.15, 0.2) is 0 Å². The fraction of sp³-hybridized carbons (Fsp3) is 0.526. The molecule has 4 nitrogen and oxygen atoms in total. The zero-order valence-corrected chi connectivity index (χ0v) is 14.2. The predicted octanol–water partition coefficient (Wildman–Crippen LogP) is 4.02. The first kappa shape index (κ1) is 15.9. The maximum atomic E-state index is 12.7. The number of nitrogens with zero attached hydrogens (tertiary/aromatic N) is 1. The Bertz CT molecular complexity index is 691. The quantitative estimate of drug-likeness (QED) is 0.856. The van der Waals surface area contributed by atoms with Crippen LogP contribution in [0, 0.1) is 5.92 Å². The van der Waals surface area contributed by atoms with Gasteiger partial charge >= 0.3 is 0 Å². The van der Waals surface area contributed by atoms with E-state index in [-0.39, 0.29) is 5.91 Å². The lowest BCUT2D eigenvalue weighted by molar-refractivity contribution is -0.132. The molecule has 1 amide bonds. The first-order valence-corrected chi connectivity index (χ1v) is 8.40. The van der Waals surface area contributed by atoms with Crippen LogP contribution in [0.4, 0.5) is 0 Å². The normalized spacial score (nSPS) is 21.3. The number of carbonyl (C=O) groups is 1. The Morgan fingerprint density at radius 2 is 2.13 bits per heavy atom. The highest BCUT2D eigenvalue weighted by molar-refractivity contribution is 5.88. The molecule has 4 heteroatoms. The first-order valence-electron chi connectivity index (χ1n) is 8.40. The number of furan rings is 1. The van der Waals surface area contributed by atoms with Crippen LogP contribution in [0.3, 0.4) is 0 Å². The number of rotatable bonds is 4. The summed E-state index contributed by atoms with van der Waals surface area (Å²) in [4.78, 5) is 14.6. The van der Waals surface area contributed by atoms with Gasteiger partial charge in [-0.1, -0.05) is 19.8 Å². The summed E-state index contributed by atoms with van der Waals surface area (Å²) in [6, 6.07) is 6.09. The summed E-state index contributed by atoms with van der Waals surface area (Å²) in [5, 5.41) is 0.990. The van der Waals surface area contributed by atoms with Crippen molar-refractivity contribution in [1.29, 1.82) is 0 Å². The van der Waals surface area contributed by atoms with Crippen molar-refractivity contribution in [2.75, 3.05) is 14.2 Å². The Morgan fingerprint density at radius 3 is 2.87 bits per heavy atom. The van der Waals surface area contributed by atoms with E-state index in [1.807, 2.05) is 30.1 Å². The molecule has 1 heterocycles. The molecule has 1 fully saturated rings. The van der Waals surface area contributed by atoms with Crippen molar-refractivity contribution in [2.45, 2.75) is 45.1 Å². The average molecular weight is 315 g/mol. The SMILES string of the molecule is COc1ccc2c(CC(=O)N(C)C3CCCCC3C)coc2c1. The van der Waals surface area contributed by atoms with Gasteiger partial charge in [0, 0.05) is 30.1 Å². The minimum absolute atomic E-state index is 0.169. The van der Waals surface area contributed by atoms with Crippen molar-refractivity contribution in [1.82, 2.24) is 4.90 Å². The Labute approximate surface area is 137 Å². The molecule has 0 bridgehead atoms. The molecule has 23 heavy (non-hydrogen) atoms. The Balaban J connectivity index is 1.74. The van der Waals surface area contributed by atoms with Crippen LogP contribution < -0.4 is 4.74 Å². The maximum Gasteiger partial charge on any atom is 0.227 e. The highest BCUT2D eigenvalue weighted by Gasteiger charge is 2.28. The van der Waals surface area contributed by atoms with E-state index in [2.05, 4.69) is 6.92 Å². The third kappa shape index (κ3) is 3.21. The molecule has 1 aromatic carbocycles. The Hall–Kier alpha value is -1.97. The molecule has 1 saturated carbocycles. The maximum absolute atomic E-state index is 12.7. The summed E-state index contributed by atoms with van der Waals surface area (Å²) in [7, 11) is 3.58. The molecular weight excluding hydrogens is 290 g/mol. The summed E-state index contributed by atoms with van der Waals surface area (Å²) in [6.45, 7) is 2.26. The van der Waals surface area contributed by atoms with Gasteiger partial charge in [-0.15, -0.1) is 0 Å². The molecule has 1 aromatic heterocycles. The van der Waals surface area contributed by atoms with Crippen LogP contribution in [0.2, 0.25) is 0 Å². The van der Waals surface area contributed by atoms with E-state index < -0.39 is 0 Å². The molecule has 0 N–H and O–H groups in total. The molecule has 0 aliphatic heterocycles. The van der Waals surface area contributed by atoms with Crippen LogP contribution in [0.5, 0.6) is 5.75 Å². The van der Waals surface area contributed by atoms with Gasteiger partial charge in [-0.3, -0.25) is 4.79 Å². The lowest BCUT2D eigenvalue weighted by atomic mass is 9.85. The van der Waals surface area contributed by atoms with Crippen LogP contribution in [-0.4, -0.2) is 31.0 Å². The fourth-order valence-electron chi connectivity index (χ4n) is 3.67. The highest BCUT2D eigenvalue weighted by atomic mass is 16.5. The topological polar surface area (TPSA) is 42.7 Å². The number of methoxy groups -OCH3 is 1. The summed E-state index contributed by atoms with van der Waals surface area (Å²) < 4.78 is 10.8. The summed E-state index contributed by atoms with van der Waals surface area (Å²) in [6.07, 6.45) is 6.93. The minimum atomic E-state index is 0.169. The smallest absolute Gasteiger partial charge is 0.227 e. The predicted molar refractivity (Wildman–Crippen MR) is 90.7 cm³/mol. The van der Waals surface area contributed by atoms with Crippen molar-refractivity contribution in [2.24, 2.45) is 5.92 Å². The fourth-order valence-corrected chi connectivity index (χ4v) is 3.67. The molecule has 0 saturated heterocycles. The Morgan fingerprint density at radius 1 is 1.35 bits per heavy atom. The molecular formula is C19H25NO3. The summed E-state index contributed by atoms with van der Waals surface area (Å²) >= 11 is 0. The second kappa shape index (κ2) is 6.65. The molecule has 2 atom stereocenters. The van der Waals surface area contributed by atoms with E-state index in [9.17, 15) is 4.79 Å². The van der Waals surface area contributed by atoms with Crippen molar-refractivity contribution in [3.63, 3.8) is 0 Å². The van der Waals surface area contributed by atoms with E-state index in [0.29, 0.717) is 18.4 Å². The molecule has 2 aromatic rings. The number of benzene rings is 1. The van der Waals surface area contributed by atoms with Gasteiger partial charge in [0.25, 0.3) is 0 Å². The first-order chi connectivity index (χ1) is 11.1. The van der Waals surface area contributed by atoms with Gasteiger partial charge in [-0.05, 0) is 30.9 Å². The Kier molecular flexibility index (Phi) is 4.60. The van der Waals surface area contributed by atoms with Crippen molar-refractivity contribution in [3.8, 4) is 5.75 Å². The second-order valence-corrected chi connectivity index (χ2v) is 6.63. The van der Waals surface area contributed by atoms with E-state index in [4.69, 9.17) is 9.15 Å². The molecule has 124 valence electrons. The zero-order valence-electron chi connectivity index (χ0n) is 14.2. The molecule has 2 unspecified atom stereocenters. The van der Waals surface area contributed by atoms with E-state index >= 15 is 0 Å². The van der Waals surface area contributed by atoms with Gasteiger partial charge in [0.1, 0.15) is 11.3 Å². The third-order valence-corrected chi connectivity index (χ3v) is 5.16. The van der Waals surface area contributed by atoms with Crippen LogP contribution in [-0.2, 0) is 11.2 Å². The second-order valence-electron chi connectivity index (χ2n) is 6.63. The number of carbonyl (C=O) groups excluding carboxylic acids is 1.